The van der Waals surface area contributed by atoms with Crippen molar-refractivity contribution >= 4 is 0 Å². The smallest absolute Gasteiger partial charge is 0.0244 e. The zero-order valence-corrected chi connectivity index (χ0v) is 9.29. The highest BCUT2D eigenvalue weighted by Gasteiger charge is 1.97. The summed E-state index contributed by atoms with van der Waals surface area (Å²) in [6, 6.07) is 8.97. The minimum Gasteiger partial charge on any atom is -0.103 e. The van der Waals surface area contributed by atoms with E-state index in [2.05, 4.69) is 44.7 Å². The van der Waals surface area contributed by atoms with Crippen molar-refractivity contribution in [2.45, 2.75) is 33.1 Å². The first kappa shape index (κ1) is 11.0. The SMILES string of the molecule is C=CCCc1ccc(CC(C)C)cc1. The van der Waals surface area contributed by atoms with Gasteiger partial charge < -0.3 is 0 Å². The van der Waals surface area contributed by atoms with Gasteiger partial charge in [-0.2, -0.15) is 0 Å². The monoisotopic (exact) mass is 188 g/mol. The lowest BCUT2D eigenvalue weighted by Gasteiger charge is -2.05. The summed E-state index contributed by atoms with van der Waals surface area (Å²) in [4.78, 5) is 0. The largest absolute Gasteiger partial charge is 0.103 e. The molecule has 0 saturated heterocycles. The van der Waals surface area contributed by atoms with E-state index in [9.17, 15) is 0 Å². The standard InChI is InChI=1S/C14H20/c1-4-5-6-13-7-9-14(10-8-13)11-12(2)3/h4,7-10,12H,1,5-6,11H2,2-3H3. The molecule has 0 aliphatic rings. The fourth-order valence-corrected chi connectivity index (χ4v) is 1.58. The van der Waals surface area contributed by atoms with Crippen LogP contribution < -0.4 is 0 Å². The van der Waals surface area contributed by atoms with E-state index in [1.54, 1.807) is 0 Å². The van der Waals surface area contributed by atoms with Gasteiger partial charge >= 0.3 is 0 Å². The number of rotatable bonds is 5. The molecular formula is C14H20. The Balaban J connectivity index is 2.54. The molecule has 0 amide bonds. The van der Waals surface area contributed by atoms with Gasteiger partial charge in [-0.1, -0.05) is 44.2 Å². The average molecular weight is 188 g/mol. The molecule has 76 valence electrons. The fourth-order valence-electron chi connectivity index (χ4n) is 1.58. The Bertz CT molecular complexity index is 267. The molecule has 0 N–H and O–H groups in total. The predicted octanol–water partition coefficient (Wildman–Crippen LogP) is 4.00. The number of hydrogen-bond acceptors (Lipinski definition) is 0. The quantitative estimate of drug-likeness (QED) is 0.613. The molecule has 0 unspecified atom stereocenters. The lowest BCUT2D eigenvalue weighted by atomic mass is 10.0. The van der Waals surface area contributed by atoms with Gasteiger partial charge in [0.25, 0.3) is 0 Å². The second kappa shape index (κ2) is 5.64. The van der Waals surface area contributed by atoms with E-state index in [4.69, 9.17) is 0 Å². The van der Waals surface area contributed by atoms with Crippen molar-refractivity contribution in [2.75, 3.05) is 0 Å². The predicted molar refractivity (Wildman–Crippen MR) is 63.5 cm³/mol. The second-order valence-corrected chi connectivity index (χ2v) is 4.24. The molecule has 0 heterocycles. The Hall–Kier alpha value is -1.04. The van der Waals surface area contributed by atoms with E-state index in [0.29, 0.717) is 0 Å². The first-order chi connectivity index (χ1) is 6.72. The third-order valence-corrected chi connectivity index (χ3v) is 2.30. The molecule has 1 aromatic carbocycles. The summed E-state index contributed by atoms with van der Waals surface area (Å²) >= 11 is 0. The third-order valence-electron chi connectivity index (χ3n) is 2.30. The van der Waals surface area contributed by atoms with Crippen molar-refractivity contribution in [2.24, 2.45) is 5.92 Å². The van der Waals surface area contributed by atoms with Crippen molar-refractivity contribution in [1.29, 1.82) is 0 Å². The Morgan fingerprint density at radius 1 is 1.14 bits per heavy atom. The van der Waals surface area contributed by atoms with Crippen LogP contribution in [0, 0.1) is 5.92 Å². The van der Waals surface area contributed by atoms with Crippen LogP contribution in [0.2, 0.25) is 0 Å². The summed E-state index contributed by atoms with van der Waals surface area (Å²) in [6.45, 7) is 8.24. The molecule has 1 rings (SSSR count). The van der Waals surface area contributed by atoms with Crippen molar-refractivity contribution < 1.29 is 0 Å². The molecule has 0 heteroatoms. The van der Waals surface area contributed by atoms with Gasteiger partial charge in [-0.15, -0.1) is 6.58 Å². The summed E-state index contributed by atoms with van der Waals surface area (Å²) in [5.41, 5.74) is 2.86. The zero-order chi connectivity index (χ0) is 10.4. The first-order valence-corrected chi connectivity index (χ1v) is 5.41. The van der Waals surface area contributed by atoms with Crippen molar-refractivity contribution in [3.05, 3.63) is 48.0 Å². The molecule has 0 nitrogen and oxygen atoms in total. The summed E-state index contributed by atoms with van der Waals surface area (Å²) in [5.74, 6) is 0.744. The molecule has 0 aromatic heterocycles. The molecular weight excluding hydrogens is 168 g/mol. The van der Waals surface area contributed by atoms with Gasteiger partial charge in [0.15, 0.2) is 0 Å². The number of aryl methyl sites for hydroxylation is 1. The van der Waals surface area contributed by atoms with Gasteiger partial charge in [-0.25, -0.2) is 0 Å². The van der Waals surface area contributed by atoms with Gasteiger partial charge in [-0.3, -0.25) is 0 Å². The van der Waals surface area contributed by atoms with E-state index >= 15 is 0 Å². The Morgan fingerprint density at radius 2 is 1.71 bits per heavy atom. The number of allylic oxidation sites excluding steroid dienone is 1. The normalized spacial score (nSPS) is 10.5. The summed E-state index contributed by atoms with van der Waals surface area (Å²) in [7, 11) is 0. The summed E-state index contributed by atoms with van der Waals surface area (Å²) in [6.07, 6.45) is 5.35. The Kier molecular flexibility index (Phi) is 4.45. The average Bonchev–Trinajstić information content (AvgIpc) is 2.16. The fraction of sp³-hybridized carbons (Fsp3) is 0.429. The maximum absolute atomic E-state index is 3.73. The van der Waals surface area contributed by atoms with Crippen LogP contribution >= 0.6 is 0 Å². The van der Waals surface area contributed by atoms with Crippen LogP contribution in [0.1, 0.15) is 31.4 Å². The van der Waals surface area contributed by atoms with Crippen molar-refractivity contribution in [1.82, 2.24) is 0 Å². The van der Waals surface area contributed by atoms with Gasteiger partial charge in [0.05, 0.1) is 0 Å². The van der Waals surface area contributed by atoms with Crippen LogP contribution in [0.15, 0.2) is 36.9 Å². The van der Waals surface area contributed by atoms with E-state index in [-0.39, 0.29) is 0 Å². The zero-order valence-electron chi connectivity index (χ0n) is 9.29. The highest BCUT2D eigenvalue weighted by Crippen LogP contribution is 2.10. The molecule has 0 fully saturated rings. The van der Waals surface area contributed by atoms with Gasteiger partial charge in [0.1, 0.15) is 0 Å². The molecule has 0 saturated carbocycles. The molecule has 0 bridgehead atoms. The second-order valence-electron chi connectivity index (χ2n) is 4.24. The number of hydrogen-bond donors (Lipinski definition) is 0. The Morgan fingerprint density at radius 3 is 2.21 bits per heavy atom. The third kappa shape index (κ3) is 3.78. The molecule has 1 aromatic rings. The molecule has 0 aliphatic carbocycles. The van der Waals surface area contributed by atoms with Crippen LogP contribution in [0.25, 0.3) is 0 Å². The van der Waals surface area contributed by atoms with Gasteiger partial charge in [0, 0.05) is 0 Å². The van der Waals surface area contributed by atoms with Crippen LogP contribution in [0.3, 0.4) is 0 Å². The lowest BCUT2D eigenvalue weighted by Crippen LogP contribution is -1.94. The van der Waals surface area contributed by atoms with Crippen molar-refractivity contribution in [3.63, 3.8) is 0 Å². The van der Waals surface area contributed by atoms with Crippen LogP contribution in [-0.4, -0.2) is 0 Å². The highest BCUT2D eigenvalue weighted by atomic mass is 14.0. The summed E-state index contributed by atoms with van der Waals surface area (Å²) < 4.78 is 0. The van der Waals surface area contributed by atoms with Crippen LogP contribution in [0.5, 0.6) is 0 Å². The van der Waals surface area contributed by atoms with E-state index in [1.807, 2.05) is 6.08 Å². The molecule has 14 heavy (non-hydrogen) atoms. The minimum absolute atomic E-state index is 0.744. The maximum atomic E-state index is 3.73. The van der Waals surface area contributed by atoms with E-state index < -0.39 is 0 Å². The molecule has 0 radical (unpaired) electrons. The first-order valence-electron chi connectivity index (χ1n) is 5.41. The molecule has 0 spiro atoms. The van der Waals surface area contributed by atoms with Gasteiger partial charge in [-0.05, 0) is 36.3 Å². The van der Waals surface area contributed by atoms with E-state index in [0.717, 1.165) is 18.8 Å². The molecule has 0 aliphatic heterocycles. The maximum Gasteiger partial charge on any atom is -0.0244 e. The topological polar surface area (TPSA) is 0 Å². The molecule has 0 atom stereocenters. The van der Waals surface area contributed by atoms with Crippen LogP contribution in [-0.2, 0) is 12.8 Å². The van der Waals surface area contributed by atoms with Gasteiger partial charge in [0.2, 0.25) is 0 Å². The minimum atomic E-state index is 0.744. The highest BCUT2D eigenvalue weighted by molar-refractivity contribution is 5.23. The number of benzene rings is 1. The van der Waals surface area contributed by atoms with Crippen LogP contribution in [0.4, 0.5) is 0 Å². The Labute approximate surface area is 87.7 Å². The lowest BCUT2D eigenvalue weighted by molar-refractivity contribution is 0.647. The summed E-state index contributed by atoms with van der Waals surface area (Å²) in [5, 5.41) is 0. The van der Waals surface area contributed by atoms with E-state index in [1.165, 1.54) is 17.5 Å². The van der Waals surface area contributed by atoms with Crippen molar-refractivity contribution in [3.8, 4) is 0 Å².